The Morgan fingerprint density at radius 1 is 1.05 bits per heavy atom. The summed E-state index contributed by atoms with van der Waals surface area (Å²) in [6.45, 7) is 1.01. The topological polar surface area (TPSA) is 27.7 Å². The van der Waals surface area contributed by atoms with Gasteiger partial charge in [-0.3, -0.25) is 0 Å². The quantitative estimate of drug-likeness (QED) is 0.829. The van der Waals surface area contributed by atoms with Gasteiger partial charge in [0.25, 0.3) is 0 Å². The van der Waals surface area contributed by atoms with Crippen molar-refractivity contribution in [1.29, 1.82) is 0 Å². The van der Waals surface area contributed by atoms with Gasteiger partial charge in [0.15, 0.2) is 11.5 Å². The number of benzene rings is 2. The van der Waals surface area contributed by atoms with Gasteiger partial charge < -0.3 is 14.2 Å². The van der Waals surface area contributed by atoms with E-state index in [9.17, 15) is 4.39 Å². The van der Waals surface area contributed by atoms with Crippen LogP contribution in [0.2, 0.25) is 0 Å². The van der Waals surface area contributed by atoms with Crippen LogP contribution in [0.25, 0.3) is 11.1 Å². The van der Waals surface area contributed by atoms with E-state index in [0.29, 0.717) is 36.0 Å². The van der Waals surface area contributed by atoms with Crippen molar-refractivity contribution < 1.29 is 18.6 Å². The third kappa shape index (κ3) is 2.10. The molecule has 3 rings (SSSR count). The Bertz CT molecular complexity index is 610. The first-order chi connectivity index (χ1) is 9.29. The molecule has 1 aliphatic heterocycles. The molecule has 1 heterocycles. The van der Waals surface area contributed by atoms with Gasteiger partial charge >= 0.3 is 0 Å². The van der Waals surface area contributed by atoms with Gasteiger partial charge in [0.05, 0.1) is 7.11 Å². The second kappa shape index (κ2) is 4.80. The van der Waals surface area contributed by atoms with E-state index in [-0.39, 0.29) is 5.82 Å². The summed E-state index contributed by atoms with van der Waals surface area (Å²) in [4.78, 5) is 0. The molecule has 19 heavy (non-hydrogen) atoms. The van der Waals surface area contributed by atoms with Crippen molar-refractivity contribution in [1.82, 2.24) is 0 Å². The van der Waals surface area contributed by atoms with E-state index in [2.05, 4.69) is 0 Å². The molecule has 4 heteroatoms. The van der Waals surface area contributed by atoms with Crippen molar-refractivity contribution in [3.8, 4) is 28.4 Å². The SMILES string of the molecule is COc1ccc(F)cc1-c1cccc2c1OCCO2. The molecule has 0 radical (unpaired) electrons. The van der Waals surface area contributed by atoms with E-state index in [1.807, 2.05) is 18.2 Å². The van der Waals surface area contributed by atoms with Crippen LogP contribution in [0.5, 0.6) is 17.2 Å². The van der Waals surface area contributed by atoms with E-state index < -0.39 is 0 Å². The van der Waals surface area contributed by atoms with Gasteiger partial charge in [-0.2, -0.15) is 0 Å². The minimum Gasteiger partial charge on any atom is -0.496 e. The molecule has 3 nitrogen and oxygen atoms in total. The first kappa shape index (κ1) is 11.8. The van der Waals surface area contributed by atoms with E-state index in [0.717, 1.165) is 5.56 Å². The largest absolute Gasteiger partial charge is 0.496 e. The molecule has 0 unspecified atom stereocenters. The Kier molecular flexibility index (Phi) is 2.99. The molecule has 0 aliphatic carbocycles. The lowest BCUT2D eigenvalue weighted by Crippen LogP contribution is -2.15. The Balaban J connectivity index is 2.19. The molecular weight excluding hydrogens is 247 g/mol. The van der Waals surface area contributed by atoms with E-state index in [1.54, 1.807) is 13.2 Å². The van der Waals surface area contributed by atoms with Gasteiger partial charge in [-0.1, -0.05) is 12.1 Å². The van der Waals surface area contributed by atoms with Crippen molar-refractivity contribution in [3.05, 3.63) is 42.2 Å². The number of hydrogen-bond donors (Lipinski definition) is 0. The van der Waals surface area contributed by atoms with E-state index >= 15 is 0 Å². The first-order valence-electron chi connectivity index (χ1n) is 6.02. The second-order valence-corrected chi connectivity index (χ2v) is 4.17. The standard InChI is InChI=1S/C15H13FO3/c1-17-13-6-5-10(16)9-12(13)11-3-2-4-14-15(11)19-8-7-18-14/h2-6,9H,7-8H2,1H3. The Morgan fingerprint density at radius 2 is 1.89 bits per heavy atom. The molecular formula is C15H13FO3. The molecule has 0 saturated carbocycles. The molecule has 98 valence electrons. The summed E-state index contributed by atoms with van der Waals surface area (Å²) in [5, 5.41) is 0. The summed E-state index contributed by atoms with van der Waals surface area (Å²) in [6.07, 6.45) is 0. The highest BCUT2D eigenvalue weighted by atomic mass is 19.1. The summed E-state index contributed by atoms with van der Waals surface area (Å²) in [6, 6.07) is 9.97. The summed E-state index contributed by atoms with van der Waals surface area (Å²) < 4.78 is 29.9. The summed E-state index contributed by atoms with van der Waals surface area (Å²) in [5.74, 6) is 1.60. The third-order valence-corrected chi connectivity index (χ3v) is 3.02. The van der Waals surface area contributed by atoms with E-state index in [1.165, 1.54) is 12.1 Å². The Hall–Kier alpha value is -2.23. The highest BCUT2D eigenvalue weighted by molar-refractivity contribution is 5.78. The molecule has 0 atom stereocenters. The zero-order valence-corrected chi connectivity index (χ0v) is 10.5. The lowest BCUT2D eigenvalue weighted by atomic mass is 10.0. The number of rotatable bonds is 2. The van der Waals surface area contributed by atoms with Crippen LogP contribution in [0.1, 0.15) is 0 Å². The lowest BCUT2D eigenvalue weighted by Gasteiger charge is -2.21. The normalized spacial score (nSPS) is 13.2. The zero-order chi connectivity index (χ0) is 13.2. The van der Waals surface area contributed by atoms with Crippen LogP contribution >= 0.6 is 0 Å². The molecule has 0 N–H and O–H groups in total. The average Bonchev–Trinajstić information content (AvgIpc) is 2.46. The Morgan fingerprint density at radius 3 is 2.74 bits per heavy atom. The first-order valence-corrected chi connectivity index (χ1v) is 6.02. The minimum atomic E-state index is -0.315. The third-order valence-electron chi connectivity index (χ3n) is 3.02. The number of para-hydroxylation sites is 1. The molecule has 0 amide bonds. The molecule has 0 saturated heterocycles. The smallest absolute Gasteiger partial charge is 0.169 e. The highest BCUT2D eigenvalue weighted by Crippen LogP contribution is 2.43. The molecule has 0 fully saturated rings. The molecule has 1 aliphatic rings. The van der Waals surface area contributed by atoms with Gasteiger partial charge in [0, 0.05) is 11.1 Å². The molecule has 2 aromatic rings. The van der Waals surface area contributed by atoms with E-state index in [4.69, 9.17) is 14.2 Å². The minimum absolute atomic E-state index is 0.315. The van der Waals surface area contributed by atoms with Crippen LogP contribution in [0.15, 0.2) is 36.4 Å². The van der Waals surface area contributed by atoms with Crippen LogP contribution in [0.4, 0.5) is 4.39 Å². The highest BCUT2D eigenvalue weighted by Gasteiger charge is 2.19. The van der Waals surface area contributed by atoms with Gasteiger partial charge in [-0.15, -0.1) is 0 Å². The monoisotopic (exact) mass is 260 g/mol. The van der Waals surface area contributed by atoms with Gasteiger partial charge in [-0.25, -0.2) is 4.39 Å². The van der Waals surface area contributed by atoms with Crippen LogP contribution < -0.4 is 14.2 Å². The second-order valence-electron chi connectivity index (χ2n) is 4.17. The maximum Gasteiger partial charge on any atom is 0.169 e. The molecule has 2 aromatic carbocycles. The van der Waals surface area contributed by atoms with Crippen LogP contribution in [-0.4, -0.2) is 20.3 Å². The number of hydrogen-bond acceptors (Lipinski definition) is 3. The fourth-order valence-corrected chi connectivity index (χ4v) is 2.18. The zero-order valence-electron chi connectivity index (χ0n) is 10.5. The predicted molar refractivity (Wildman–Crippen MR) is 69.4 cm³/mol. The van der Waals surface area contributed by atoms with Crippen LogP contribution in [0.3, 0.4) is 0 Å². The van der Waals surface area contributed by atoms with Crippen molar-refractivity contribution in [2.75, 3.05) is 20.3 Å². The maximum absolute atomic E-state index is 13.5. The number of fused-ring (bicyclic) bond motifs is 1. The van der Waals surface area contributed by atoms with Crippen LogP contribution in [0, 0.1) is 5.82 Å². The number of ether oxygens (including phenoxy) is 3. The predicted octanol–water partition coefficient (Wildman–Crippen LogP) is 3.27. The van der Waals surface area contributed by atoms with Crippen LogP contribution in [-0.2, 0) is 0 Å². The fourth-order valence-electron chi connectivity index (χ4n) is 2.18. The number of methoxy groups -OCH3 is 1. The van der Waals surface area contributed by atoms with Gasteiger partial charge in [0.1, 0.15) is 24.8 Å². The van der Waals surface area contributed by atoms with Gasteiger partial charge in [0.2, 0.25) is 0 Å². The molecule has 0 spiro atoms. The number of halogens is 1. The summed E-state index contributed by atoms with van der Waals surface area (Å²) in [5.41, 5.74) is 1.43. The molecule has 0 bridgehead atoms. The lowest BCUT2D eigenvalue weighted by molar-refractivity contribution is 0.172. The maximum atomic E-state index is 13.5. The van der Waals surface area contributed by atoms with Crippen molar-refractivity contribution in [2.24, 2.45) is 0 Å². The molecule has 0 aromatic heterocycles. The fraction of sp³-hybridized carbons (Fsp3) is 0.200. The van der Waals surface area contributed by atoms with Crippen molar-refractivity contribution in [2.45, 2.75) is 0 Å². The average molecular weight is 260 g/mol. The van der Waals surface area contributed by atoms with Crippen molar-refractivity contribution >= 4 is 0 Å². The summed E-state index contributed by atoms with van der Waals surface area (Å²) >= 11 is 0. The van der Waals surface area contributed by atoms with Crippen molar-refractivity contribution in [3.63, 3.8) is 0 Å². The van der Waals surface area contributed by atoms with Gasteiger partial charge in [-0.05, 0) is 24.3 Å². The Labute approximate surface area is 110 Å². The summed E-state index contributed by atoms with van der Waals surface area (Å²) in [7, 11) is 1.56.